The van der Waals surface area contributed by atoms with Crippen LogP contribution in [0.15, 0.2) is 53.6 Å². The minimum absolute atomic E-state index is 0.0262. The lowest BCUT2D eigenvalue weighted by Gasteiger charge is -2.26. The lowest BCUT2D eigenvalue weighted by Crippen LogP contribution is -2.43. The summed E-state index contributed by atoms with van der Waals surface area (Å²) in [5.41, 5.74) is 1.10. The Kier molecular flexibility index (Phi) is 4.10. The van der Waals surface area contributed by atoms with E-state index < -0.39 is 16.6 Å². The Morgan fingerprint density at radius 1 is 1.20 bits per heavy atom. The lowest BCUT2D eigenvalue weighted by molar-refractivity contribution is -0.384. The van der Waals surface area contributed by atoms with Crippen LogP contribution in [0.1, 0.15) is 34.8 Å². The van der Waals surface area contributed by atoms with Crippen LogP contribution in [0, 0.1) is 17.0 Å². The molecule has 25 heavy (non-hydrogen) atoms. The van der Waals surface area contributed by atoms with E-state index in [9.17, 15) is 20.0 Å². The first kappa shape index (κ1) is 16.8. The summed E-state index contributed by atoms with van der Waals surface area (Å²) in [7, 11) is 0. The van der Waals surface area contributed by atoms with Gasteiger partial charge in [0.1, 0.15) is 0 Å². The number of nitrogens with zero attached hydrogens (tertiary/aromatic N) is 3. The number of nitro benzene ring substituents is 1. The van der Waals surface area contributed by atoms with Crippen molar-refractivity contribution in [2.45, 2.75) is 26.0 Å². The van der Waals surface area contributed by atoms with Gasteiger partial charge in [0, 0.05) is 24.1 Å². The standard InChI is InChI=1S/C18H17N3O4/c1-12-3-5-14(6-4-12)17(22)20-18(2,23)11-16(19-20)13-7-9-15(10-8-13)21(24)25/h3-10,23H,11H2,1-2H3/t18-/m1/s1. The second kappa shape index (κ2) is 6.10. The lowest BCUT2D eigenvalue weighted by atomic mass is 10.0. The molecule has 1 atom stereocenters. The second-order valence-corrected chi connectivity index (χ2v) is 6.23. The molecule has 2 aromatic rings. The van der Waals surface area contributed by atoms with Crippen molar-refractivity contribution in [1.29, 1.82) is 0 Å². The molecule has 0 aliphatic carbocycles. The summed E-state index contributed by atoms with van der Waals surface area (Å²) in [6.45, 7) is 3.44. The number of hydrogen-bond acceptors (Lipinski definition) is 5. The molecule has 0 fully saturated rings. The van der Waals surface area contributed by atoms with Gasteiger partial charge in [0.15, 0.2) is 5.72 Å². The topological polar surface area (TPSA) is 96.0 Å². The van der Waals surface area contributed by atoms with E-state index in [4.69, 9.17) is 0 Å². The van der Waals surface area contributed by atoms with Crippen LogP contribution < -0.4 is 0 Å². The summed E-state index contributed by atoms with van der Waals surface area (Å²) >= 11 is 0. The molecular weight excluding hydrogens is 322 g/mol. The van der Waals surface area contributed by atoms with Crippen molar-refractivity contribution in [2.75, 3.05) is 0 Å². The van der Waals surface area contributed by atoms with Crippen molar-refractivity contribution in [3.63, 3.8) is 0 Å². The molecule has 1 amide bonds. The third kappa shape index (κ3) is 3.27. The van der Waals surface area contributed by atoms with Gasteiger partial charge in [0.05, 0.1) is 10.6 Å². The van der Waals surface area contributed by atoms with Gasteiger partial charge in [-0.2, -0.15) is 10.1 Å². The molecule has 1 N–H and O–H groups in total. The molecule has 0 aromatic heterocycles. The number of hydrogen-bond donors (Lipinski definition) is 1. The highest BCUT2D eigenvalue weighted by molar-refractivity contribution is 6.05. The molecule has 1 aliphatic heterocycles. The molecule has 1 aliphatic rings. The van der Waals surface area contributed by atoms with Gasteiger partial charge in [-0.25, -0.2) is 0 Å². The van der Waals surface area contributed by atoms with Gasteiger partial charge in [-0.15, -0.1) is 0 Å². The molecule has 7 heteroatoms. The van der Waals surface area contributed by atoms with E-state index in [-0.39, 0.29) is 12.1 Å². The summed E-state index contributed by atoms with van der Waals surface area (Å²) in [4.78, 5) is 22.9. The van der Waals surface area contributed by atoms with E-state index in [2.05, 4.69) is 5.10 Å². The quantitative estimate of drug-likeness (QED) is 0.687. The number of nitro groups is 1. The van der Waals surface area contributed by atoms with Crippen molar-refractivity contribution in [3.8, 4) is 0 Å². The van der Waals surface area contributed by atoms with E-state index >= 15 is 0 Å². The number of amides is 1. The maximum absolute atomic E-state index is 12.7. The number of hydrazone groups is 1. The summed E-state index contributed by atoms with van der Waals surface area (Å²) in [5, 5.41) is 26.7. The van der Waals surface area contributed by atoms with Crippen molar-refractivity contribution < 1.29 is 14.8 Å². The van der Waals surface area contributed by atoms with Gasteiger partial charge in [0.25, 0.3) is 11.6 Å². The van der Waals surface area contributed by atoms with Gasteiger partial charge >= 0.3 is 0 Å². The normalized spacial score (nSPS) is 19.6. The Morgan fingerprint density at radius 2 is 1.80 bits per heavy atom. The highest BCUT2D eigenvalue weighted by Crippen LogP contribution is 2.29. The van der Waals surface area contributed by atoms with Crippen molar-refractivity contribution in [2.24, 2.45) is 5.10 Å². The third-order valence-electron chi connectivity index (χ3n) is 4.08. The minimum Gasteiger partial charge on any atom is -0.369 e. The molecule has 0 radical (unpaired) electrons. The van der Waals surface area contributed by atoms with Gasteiger partial charge < -0.3 is 5.11 Å². The van der Waals surface area contributed by atoms with Crippen LogP contribution >= 0.6 is 0 Å². The van der Waals surface area contributed by atoms with E-state index in [1.807, 2.05) is 19.1 Å². The number of aliphatic hydroxyl groups is 1. The molecule has 0 saturated heterocycles. The Balaban J connectivity index is 1.90. The molecule has 0 spiro atoms. The predicted molar refractivity (Wildman–Crippen MR) is 92.2 cm³/mol. The fraction of sp³-hybridized carbons (Fsp3) is 0.222. The average molecular weight is 339 g/mol. The number of rotatable bonds is 3. The summed E-state index contributed by atoms with van der Waals surface area (Å²) in [6.07, 6.45) is 0.141. The Bertz CT molecular complexity index is 855. The first-order valence-corrected chi connectivity index (χ1v) is 7.74. The molecule has 0 saturated carbocycles. The first-order valence-electron chi connectivity index (χ1n) is 7.74. The predicted octanol–water partition coefficient (Wildman–Crippen LogP) is 2.86. The van der Waals surface area contributed by atoms with Gasteiger partial charge in [-0.3, -0.25) is 14.9 Å². The fourth-order valence-electron chi connectivity index (χ4n) is 2.67. The Morgan fingerprint density at radius 3 is 2.36 bits per heavy atom. The number of aryl methyl sites for hydroxylation is 1. The molecule has 3 rings (SSSR count). The zero-order chi connectivity index (χ0) is 18.2. The zero-order valence-corrected chi connectivity index (χ0v) is 13.8. The number of carbonyl (C=O) groups excluding carboxylic acids is 1. The van der Waals surface area contributed by atoms with Crippen LogP contribution in [0.25, 0.3) is 0 Å². The van der Waals surface area contributed by atoms with Crippen LogP contribution in [-0.2, 0) is 0 Å². The molecule has 2 aromatic carbocycles. The summed E-state index contributed by atoms with van der Waals surface area (Å²) in [6, 6.07) is 12.9. The van der Waals surface area contributed by atoms with Crippen LogP contribution in [0.4, 0.5) is 5.69 Å². The zero-order valence-electron chi connectivity index (χ0n) is 13.8. The largest absolute Gasteiger partial charge is 0.369 e. The first-order chi connectivity index (χ1) is 11.8. The fourth-order valence-corrected chi connectivity index (χ4v) is 2.67. The molecule has 0 bridgehead atoms. The smallest absolute Gasteiger partial charge is 0.276 e. The van der Waals surface area contributed by atoms with Crippen molar-refractivity contribution in [1.82, 2.24) is 5.01 Å². The van der Waals surface area contributed by atoms with Crippen molar-refractivity contribution >= 4 is 17.3 Å². The maximum atomic E-state index is 12.7. The van der Waals surface area contributed by atoms with Crippen LogP contribution in [0.2, 0.25) is 0 Å². The molecule has 0 unspecified atom stereocenters. The van der Waals surface area contributed by atoms with Crippen LogP contribution in [0.3, 0.4) is 0 Å². The van der Waals surface area contributed by atoms with Crippen LogP contribution in [0.5, 0.6) is 0 Å². The number of benzene rings is 2. The Hall–Kier alpha value is -3.06. The minimum atomic E-state index is -1.46. The highest BCUT2D eigenvalue weighted by atomic mass is 16.6. The molecule has 7 nitrogen and oxygen atoms in total. The average Bonchev–Trinajstić information content (AvgIpc) is 2.90. The SMILES string of the molecule is Cc1ccc(C(=O)N2N=C(c3ccc([N+](=O)[O-])cc3)C[C@@]2(C)O)cc1. The number of carbonyl (C=O) groups is 1. The van der Waals surface area contributed by atoms with Gasteiger partial charge in [-0.05, 0) is 43.7 Å². The number of non-ortho nitro benzene ring substituents is 1. The van der Waals surface area contributed by atoms with Crippen molar-refractivity contribution in [3.05, 3.63) is 75.3 Å². The van der Waals surface area contributed by atoms with Crippen LogP contribution in [-0.4, -0.2) is 32.4 Å². The monoisotopic (exact) mass is 339 g/mol. The molecule has 128 valence electrons. The van der Waals surface area contributed by atoms with E-state index in [0.717, 1.165) is 10.6 Å². The second-order valence-electron chi connectivity index (χ2n) is 6.23. The third-order valence-corrected chi connectivity index (χ3v) is 4.08. The Labute approximate surface area is 144 Å². The van der Waals surface area contributed by atoms with Gasteiger partial charge in [-0.1, -0.05) is 17.7 Å². The molecule has 1 heterocycles. The maximum Gasteiger partial charge on any atom is 0.276 e. The molecular formula is C18H17N3O4. The summed E-state index contributed by atoms with van der Waals surface area (Å²) in [5.74, 6) is -0.401. The van der Waals surface area contributed by atoms with E-state index in [1.54, 1.807) is 24.3 Å². The van der Waals surface area contributed by atoms with Gasteiger partial charge in [0.2, 0.25) is 0 Å². The highest BCUT2D eigenvalue weighted by Gasteiger charge is 2.41. The van der Waals surface area contributed by atoms with E-state index in [0.29, 0.717) is 16.8 Å². The van der Waals surface area contributed by atoms with E-state index in [1.165, 1.54) is 19.1 Å². The summed E-state index contributed by atoms with van der Waals surface area (Å²) < 4.78 is 0.